The molecule has 2 rings (SSSR count). The van der Waals surface area contributed by atoms with E-state index in [-0.39, 0.29) is 29.5 Å². The van der Waals surface area contributed by atoms with Crippen LogP contribution < -0.4 is 10.0 Å². The molecule has 9 heteroatoms. The van der Waals surface area contributed by atoms with E-state index in [1.165, 1.54) is 31.2 Å². The number of esters is 1. The van der Waals surface area contributed by atoms with E-state index >= 15 is 0 Å². The minimum atomic E-state index is -3.77. The second-order valence-electron chi connectivity index (χ2n) is 6.52. The van der Waals surface area contributed by atoms with Crippen LogP contribution in [0.15, 0.2) is 59.5 Å². The first kappa shape index (κ1) is 23.1. The number of nitrogens with zero attached hydrogens (tertiary/aromatic N) is 1. The molecule has 8 nitrogen and oxygen atoms in total. The third-order valence-electron chi connectivity index (χ3n) is 4.24. The number of sulfonamides is 1. The minimum Gasteiger partial charge on any atom is -0.449 e. The Kier molecular flexibility index (Phi) is 8.09. The van der Waals surface area contributed by atoms with Gasteiger partial charge < -0.3 is 10.1 Å². The highest BCUT2D eigenvalue weighted by Crippen LogP contribution is 2.14. The summed E-state index contributed by atoms with van der Waals surface area (Å²) in [5.41, 5.74) is 1.03. The summed E-state index contributed by atoms with van der Waals surface area (Å²) in [5.74, 6) is -1.19. The van der Waals surface area contributed by atoms with Gasteiger partial charge in [-0.25, -0.2) is 17.9 Å². The van der Waals surface area contributed by atoms with Crippen LogP contribution in [0.5, 0.6) is 0 Å². The molecule has 0 spiro atoms. The number of rotatable bonds is 9. The highest BCUT2D eigenvalue weighted by Gasteiger charge is 2.21. The number of carbonyl (C=O) groups is 2. The first-order chi connectivity index (χ1) is 14.2. The van der Waals surface area contributed by atoms with E-state index in [0.29, 0.717) is 0 Å². The third-order valence-corrected chi connectivity index (χ3v) is 5.72. The van der Waals surface area contributed by atoms with Crippen LogP contribution >= 0.6 is 0 Å². The Labute approximate surface area is 175 Å². The Hall–Kier alpha value is -3.22. The van der Waals surface area contributed by atoms with Gasteiger partial charge in [0.15, 0.2) is 6.10 Å². The van der Waals surface area contributed by atoms with E-state index in [0.717, 1.165) is 5.56 Å². The van der Waals surface area contributed by atoms with Gasteiger partial charge in [-0.05, 0) is 43.7 Å². The number of ether oxygens (including phenoxy) is 1. The maximum atomic E-state index is 12.3. The average Bonchev–Trinajstić information content (AvgIpc) is 2.74. The molecule has 0 bridgehead atoms. The van der Waals surface area contributed by atoms with Gasteiger partial charge in [-0.3, -0.25) is 4.79 Å². The monoisotopic (exact) mass is 429 g/mol. The van der Waals surface area contributed by atoms with E-state index in [1.54, 1.807) is 0 Å². The Balaban J connectivity index is 1.95. The lowest BCUT2D eigenvalue weighted by atomic mass is 10.1. The molecule has 0 saturated carbocycles. The minimum absolute atomic E-state index is 0.00332. The van der Waals surface area contributed by atoms with E-state index in [9.17, 15) is 18.0 Å². The van der Waals surface area contributed by atoms with Crippen molar-refractivity contribution in [2.45, 2.75) is 37.3 Å². The van der Waals surface area contributed by atoms with Crippen molar-refractivity contribution in [2.75, 3.05) is 6.54 Å². The summed E-state index contributed by atoms with van der Waals surface area (Å²) in [6.45, 7) is 3.28. The fourth-order valence-corrected chi connectivity index (χ4v) is 3.56. The molecule has 0 aliphatic heterocycles. The molecular weight excluding hydrogens is 406 g/mol. The lowest BCUT2D eigenvalue weighted by molar-refractivity contribution is -0.129. The second kappa shape index (κ2) is 10.5. The normalized spacial score (nSPS) is 13.0. The molecule has 0 saturated heterocycles. The van der Waals surface area contributed by atoms with Crippen LogP contribution in [0.25, 0.3) is 0 Å². The molecule has 0 heterocycles. The molecular formula is C21H23N3O5S. The SMILES string of the molecule is C[C@H](OC(=O)c1ccc(S(=O)(=O)NCCC#N)cc1)C(=O)N[C@H](C)c1ccccc1. The maximum absolute atomic E-state index is 12.3. The van der Waals surface area contributed by atoms with E-state index in [4.69, 9.17) is 10.00 Å². The number of hydrogen-bond acceptors (Lipinski definition) is 6. The predicted molar refractivity (Wildman–Crippen MR) is 110 cm³/mol. The third kappa shape index (κ3) is 6.40. The molecule has 1 amide bonds. The van der Waals surface area contributed by atoms with Gasteiger partial charge >= 0.3 is 5.97 Å². The van der Waals surface area contributed by atoms with E-state index < -0.39 is 28.0 Å². The molecule has 158 valence electrons. The smallest absolute Gasteiger partial charge is 0.338 e. The lowest BCUT2D eigenvalue weighted by Gasteiger charge is -2.18. The number of amides is 1. The number of nitrogens with one attached hydrogen (secondary N) is 2. The molecule has 0 fully saturated rings. The lowest BCUT2D eigenvalue weighted by Crippen LogP contribution is -2.37. The Morgan fingerprint density at radius 3 is 2.30 bits per heavy atom. The zero-order valence-electron chi connectivity index (χ0n) is 16.7. The van der Waals surface area contributed by atoms with Gasteiger partial charge in [0.25, 0.3) is 5.91 Å². The average molecular weight is 429 g/mol. The van der Waals surface area contributed by atoms with Crippen molar-refractivity contribution < 1.29 is 22.7 Å². The number of benzene rings is 2. The fraction of sp³-hybridized carbons (Fsp3) is 0.286. The summed E-state index contributed by atoms with van der Waals surface area (Å²) >= 11 is 0. The van der Waals surface area contributed by atoms with E-state index in [2.05, 4.69) is 10.0 Å². The number of carbonyl (C=O) groups excluding carboxylic acids is 2. The largest absolute Gasteiger partial charge is 0.449 e. The van der Waals surface area contributed by atoms with Crippen molar-refractivity contribution in [1.29, 1.82) is 5.26 Å². The summed E-state index contributed by atoms with van der Waals surface area (Å²) in [5, 5.41) is 11.3. The molecule has 0 radical (unpaired) electrons. The zero-order valence-corrected chi connectivity index (χ0v) is 17.5. The summed E-state index contributed by atoms with van der Waals surface area (Å²) in [7, 11) is -3.77. The molecule has 2 N–H and O–H groups in total. The number of hydrogen-bond donors (Lipinski definition) is 2. The summed E-state index contributed by atoms with van der Waals surface area (Å²) in [6, 6.07) is 16.1. The van der Waals surface area contributed by atoms with Crippen LogP contribution in [0.3, 0.4) is 0 Å². The zero-order chi connectivity index (χ0) is 22.1. The van der Waals surface area contributed by atoms with Gasteiger partial charge in [0.1, 0.15) is 0 Å². The van der Waals surface area contributed by atoms with Gasteiger partial charge in [-0.1, -0.05) is 30.3 Å². The molecule has 2 atom stereocenters. The fourth-order valence-electron chi connectivity index (χ4n) is 2.53. The van der Waals surface area contributed by atoms with Crippen molar-refractivity contribution in [3.63, 3.8) is 0 Å². The van der Waals surface area contributed by atoms with Crippen molar-refractivity contribution >= 4 is 21.9 Å². The van der Waals surface area contributed by atoms with Gasteiger partial charge in [-0.15, -0.1) is 0 Å². The molecule has 0 aliphatic carbocycles. The Morgan fingerprint density at radius 1 is 1.07 bits per heavy atom. The molecule has 0 aliphatic rings. The van der Waals surface area contributed by atoms with Crippen molar-refractivity contribution in [1.82, 2.24) is 10.0 Å². The predicted octanol–water partition coefficient (Wildman–Crippen LogP) is 2.30. The van der Waals surface area contributed by atoms with Crippen molar-refractivity contribution in [3.05, 3.63) is 65.7 Å². The van der Waals surface area contributed by atoms with Gasteiger partial charge in [0.2, 0.25) is 10.0 Å². The second-order valence-corrected chi connectivity index (χ2v) is 8.29. The first-order valence-electron chi connectivity index (χ1n) is 9.27. The highest BCUT2D eigenvalue weighted by atomic mass is 32.2. The summed E-state index contributed by atoms with van der Waals surface area (Å²) < 4.78 is 31.6. The first-order valence-corrected chi connectivity index (χ1v) is 10.8. The summed E-state index contributed by atoms with van der Waals surface area (Å²) in [4.78, 5) is 24.5. The van der Waals surface area contributed by atoms with Crippen LogP contribution in [0.1, 0.15) is 42.2 Å². The van der Waals surface area contributed by atoms with Crippen LogP contribution in [0.4, 0.5) is 0 Å². The van der Waals surface area contributed by atoms with Crippen LogP contribution in [-0.4, -0.2) is 32.9 Å². The Morgan fingerprint density at radius 2 is 1.70 bits per heavy atom. The quantitative estimate of drug-likeness (QED) is 0.465. The van der Waals surface area contributed by atoms with Crippen LogP contribution in [0.2, 0.25) is 0 Å². The number of nitriles is 1. The highest BCUT2D eigenvalue weighted by molar-refractivity contribution is 7.89. The molecule has 2 aromatic carbocycles. The van der Waals surface area contributed by atoms with Crippen LogP contribution in [0, 0.1) is 11.3 Å². The van der Waals surface area contributed by atoms with Crippen LogP contribution in [-0.2, 0) is 19.6 Å². The van der Waals surface area contributed by atoms with Crippen molar-refractivity contribution in [3.8, 4) is 6.07 Å². The standard InChI is InChI=1S/C21H23N3O5S/c1-15(17-7-4-3-5-8-17)24-20(25)16(2)29-21(26)18-9-11-19(12-10-18)30(27,28)23-14-6-13-22/h3-5,7-12,15-16,23H,6,14H2,1-2H3,(H,24,25)/t15-,16+/m1/s1. The molecule has 30 heavy (non-hydrogen) atoms. The van der Waals surface area contributed by atoms with Gasteiger partial charge in [-0.2, -0.15) is 5.26 Å². The van der Waals surface area contributed by atoms with E-state index in [1.807, 2.05) is 43.3 Å². The van der Waals surface area contributed by atoms with Gasteiger partial charge in [0, 0.05) is 13.0 Å². The molecule has 0 aromatic heterocycles. The maximum Gasteiger partial charge on any atom is 0.338 e. The Bertz CT molecular complexity index is 1010. The van der Waals surface area contributed by atoms with Gasteiger partial charge in [0.05, 0.1) is 22.6 Å². The molecule has 2 aromatic rings. The summed E-state index contributed by atoms with van der Waals surface area (Å²) in [6.07, 6.45) is -0.980. The molecule has 0 unspecified atom stereocenters. The topological polar surface area (TPSA) is 125 Å². The van der Waals surface area contributed by atoms with Crippen molar-refractivity contribution in [2.24, 2.45) is 0 Å².